The highest BCUT2D eigenvalue weighted by Gasteiger charge is 2.41. The van der Waals surface area contributed by atoms with Gasteiger partial charge in [0.25, 0.3) is 0 Å². The van der Waals surface area contributed by atoms with E-state index in [2.05, 4.69) is 33.4 Å². The van der Waals surface area contributed by atoms with Crippen LogP contribution < -0.4 is 4.74 Å². The molecule has 4 nitrogen and oxygen atoms in total. The van der Waals surface area contributed by atoms with Gasteiger partial charge in [0.2, 0.25) is 6.23 Å². The van der Waals surface area contributed by atoms with Crippen molar-refractivity contribution in [3.63, 3.8) is 0 Å². The standard InChI is InChI=1S/C20H15BrN2O2S/c21-12-7-8-18-14(10-12)16-11-15(13-4-1-2-5-17(13)24)22-23(16)20(25-18)19-6-3-9-26-19/h1-10,16,20,24H,11H2/t16-,20-/m0/s1. The van der Waals surface area contributed by atoms with Crippen LogP contribution >= 0.6 is 27.3 Å². The second kappa shape index (κ2) is 6.14. The van der Waals surface area contributed by atoms with Crippen molar-refractivity contribution < 1.29 is 9.84 Å². The minimum atomic E-state index is -0.253. The number of hydrogen-bond acceptors (Lipinski definition) is 5. The van der Waals surface area contributed by atoms with Gasteiger partial charge in [-0.25, -0.2) is 5.01 Å². The van der Waals surface area contributed by atoms with E-state index in [0.717, 1.165) is 38.4 Å². The second-order valence-corrected chi connectivity index (χ2v) is 8.23. The molecule has 1 aromatic heterocycles. The number of halogens is 1. The van der Waals surface area contributed by atoms with Gasteiger partial charge in [0.15, 0.2) is 0 Å². The summed E-state index contributed by atoms with van der Waals surface area (Å²) in [5.74, 6) is 1.15. The van der Waals surface area contributed by atoms with Gasteiger partial charge in [0.1, 0.15) is 11.5 Å². The van der Waals surface area contributed by atoms with Crippen molar-refractivity contribution in [3.8, 4) is 11.5 Å². The lowest BCUT2D eigenvalue weighted by atomic mass is 9.96. The van der Waals surface area contributed by atoms with Gasteiger partial charge >= 0.3 is 0 Å². The zero-order chi connectivity index (χ0) is 17.7. The number of ether oxygens (including phenoxy) is 1. The number of rotatable bonds is 2. The fraction of sp³-hybridized carbons (Fsp3) is 0.150. The zero-order valence-electron chi connectivity index (χ0n) is 13.7. The van der Waals surface area contributed by atoms with Crippen LogP contribution in [0.5, 0.6) is 11.5 Å². The predicted molar refractivity (Wildman–Crippen MR) is 106 cm³/mol. The van der Waals surface area contributed by atoms with Crippen molar-refractivity contribution in [2.45, 2.75) is 18.7 Å². The Hall–Kier alpha value is -2.31. The molecule has 5 rings (SSSR count). The van der Waals surface area contributed by atoms with Crippen molar-refractivity contribution in [2.24, 2.45) is 5.10 Å². The molecule has 3 aromatic rings. The lowest BCUT2D eigenvalue weighted by Gasteiger charge is -2.37. The third-order valence-electron chi connectivity index (χ3n) is 4.75. The van der Waals surface area contributed by atoms with Crippen LogP contribution in [0.1, 0.15) is 34.7 Å². The van der Waals surface area contributed by atoms with Crippen molar-refractivity contribution in [2.75, 3.05) is 0 Å². The van der Waals surface area contributed by atoms with Gasteiger partial charge in [-0.15, -0.1) is 11.3 Å². The number of hydrogen-bond donors (Lipinski definition) is 1. The summed E-state index contributed by atoms with van der Waals surface area (Å²) in [6.07, 6.45) is 0.476. The van der Waals surface area contributed by atoms with Crippen molar-refractivity contribution in [1.29, 1.82) is 0 Å². The molecular formula is C20H15BrN2O2S. The molecule has 3 heterocycles. The molecule has 6 heteroatoms. The third-order valence-corrected chi connectivity index (χ3v) is 6.15. The quantitative estimate of drug-likeness (QED) is 0.591. The molecule has 1 N–H and O–H groups in total. The van der Waals surface area contributed by atoms with E-state index in [1.165, 1.54) is 0 Å². The van der Waals surface area contributed by atoms with Gasteiger partial charge in [0, 0.05) is 22.0 Å². The molecule has 0 bridgehead atoms. The summed E-state index contributed by atoms with van der Waals surface area (Å²) in [5, 5.41) is 19.2. The number of thiophene rings is 1. The molecule has 2 aliphatic heterocycles. The molecule has 0 aliphatic carbocycles. The molecule has 0 fully saturated rings. The molecule has 2 aliphatic rings. The number of para-hydroxylation sites is 1. The molecule has 130 valence electrons. The van der Waals surface area contributed by atoms with Crippen LogP contribution in [0.3, 0.4) is 0 Å². The topological polar surface area (TPSA) is 45.1 Å². The summed E-state index contributed by atoms with van der Waals surface area (Å²) in [6, 6.07) is 17.7. The molecule has 2 atom stereocenters. The largest absolute Gasteiger partial charge is 0.507 e. The number of nitrogens with zero attached hydrogens (tertiary/aromatic N) is 2. The van der Waals surface area contributed by atoms with Crippen LogP contribution in [0.4, 0.5) is 0 Å². The van der Waals surface area contributed by atoms with Crippen LogP contribution in [-0.2, 0) is 0 Å². The molecule has 0 saturated carbocycles. The van der Waals surface area contributed by atoms with Crippen LogP contribution in [0, 0.1) is 0 Å². The maximum Gasteiger partial charge on any atom is 0.222 e. The number of phenols is 1. The van der Waals surface area contributed by atoms with E-state index in [9.17, 15) is 5.11 Å². The number of fused-ring (bicyclic) bond motifs is 3. The maximum atomic E-state index is 10.3. The fourth-order valence-corrected chi connectivity index (χ4v) is 4.68. The van der Waals surface area contributed by atoms with E-state index >= 15 is 0 Å². The maximum absolute atomic E-state index is 10.3. The molecule has 26 heavy (non-hydrogen) atoms. The second-order valence-electron chi connectivity index (χ2n) is 6.33. The molecule has 0 amide bonds. The van der Waals surface area contributed by atoms with E-state index < -0.39 is 0 Å². The highest BCUT2D eigenvalue weighted by atomic mass is 79.9. The average Bonchev–Trinajstić information content (AvgIpc) is 3.32. The molecule has 0 saturated heterocycles. The molecule has 2 aromatic carbocycles. The van der Waals surface area contributed by atoms with Crippen LogP contribution in [-0.4, -0.2) is 15.8 Å². The van der Waals surface area contributed by atoms with Crippen LogP contribution in [0.15, 0.2) is 69.6 Å². The number of phenolic OH excluding ortho intramolecular Hbond substituents is 1. The SMILES string of the molecule is Oc1ccccc1C1=NN2[C@@H](C1)c1cc(Br)ccc1O[C@H]2c1cccs1. The van der Waals surface area contributed by atoms with Gasteiger partial charge in [-0.3, -0.25) is 0 Å². The summed E-state index contributed by atoms with van der Waals surface area (Å²) in [5.41, 5.74) is 2.77. The van der Waals surface area contributed by atoms with E-state index in [1.54, 1.807) is 17.4 Å². The first-order chi connectivity index (χ1) is 12.7. The highest BCUT2D eigenvalue weighted by Crippen LogP contribution is 2.49. The lowest BCUT2D eigenvalue weighted by molar-refractivity contribution is -0.0166. The third kappa shape index (κ3) is 2.52. The molecule has 0 unspecified atom stereocenters. The molecular weight excluding hydrogens is 412 g/mol. The van der Waals surface area contributed by atoms with Gasteiger partial charge < -0.3 is 9.84 Å². The first-order valence-electron chi connectivity index (χ1n) is 8.34. The van der Waals surface area contributed by atoms with E-state index in [0.29, 0.717) is 0 Å². The minimum Gasteiger partial charge on any atom is -0.507 e. The van der Waals surface area contributed by atoms with Crippen LogP contribution in [0.2, 0.25) is 0 Å². The predicted octanol–water partition coefficient (Wildman–Crippen LogP) is 5.46. The smallest absolute Gasteiger partial charge is 0.222 e. The van der Waals surface area contributed by atoms with Gasteiger partial charge in [-0.05, 0) is 41.8 Å². The van der Waals surface area contributed by atoms with Gasteiger partial charge in [-0.2, -0.15) is 5.10 Å². The summed E-state index contributed by atoms with van der Waals surface area (Å²) in [4.78, 5) is 1.12. The number of hydrazone groups is 1. The van der Waals surface area contributed by atoms with Crippen molar-refractivity contribution in [3.05, 3.63) is 80.5 Å². The fourth-order valence-electron chi connectivity index (χ4n) is 3.56. The highest BCUT2D eigenvalue weighted by molar-refractivity contribution is 9.10. The summed E-state index contributed by atoms with van der Waals surface area (Å²) >= 11 is 5.23. The first kappa shape index (κ1) is 15.9. The van der Waals surface area contributed by atoms with Crippen molar-refractivity contribution >= 4 is 33.0 Å². The lowest BCUT2D eigenvalue weighted by Crippen LogP contribution is -2.33. The Morgan fingerprint density at radius 2 is 2.04 bits per heavy atom. The Morgan fingerprint density at radius 3 is 2.85 bits per heavy atom. The summed E-state index contributed by atoms with van der Waals surface area (Å²) in [7, 11) is 0. The molecule has 0 spiro atoms. The summed E-state index contributed by atoms with van der Waals surface area (Å²) in [6.45, 7) is 0. The van der Waals surface area contributed by atoms with Gasteiger partial charge in [-0.1, -0.05) is 34.1 Å². The van der Waals surface area contributed by atoms with E-state index in [-0.39, 0.29) is 18.0 Å². The van der Waals surface area contributed by atoms with Crippen LogP contribution in [0.25, 0.3) is 0 Å². The van der Waals surface area contributed by atoms with Gasteiger partial charge in [0.05, 0.1) is 16.6 Å². The van der Waals surface area contributed by atoms with E-state index in [1.807, 2.05) is 41.4 Å². The Balaban J connectivity index is 1.62. The zero-order valence-corrected chi connectivity index (χ0v) is 16.1. The normalized spacial score (nSPS) is 21.0. The number of benzene rings is 2. The Kier molecular flexibility index (Phi) is 3.76. The summed E-state index contributed by atoms with van der Waals surface area (Å²) < 4.78 is 7.32. The Bertz CT molecular complexity index is 1000. The average molecular weight is 427 g/mol. The first-order valence-corrected chi connectivity index (χ1v) is 10.0. The molecule has 0 radical (unpaired) electrons. The van der Waals surface area contributed by atoms with Crippen molar-refractivity contribution in [1.82, 2.24) is 5.01 Å². The Labute approximate surface area is 163 Å². The number of aromatic hydroxyl groups is 1. The van der Waals surface area contributed by atoms with E-state index in [4.69, 9.17) is 9.84 Å². The monoisotopic (exact) mass is 426 g/mol. The minimum absolute atomic E-state index is 0.0814. The Morgan fingerprint density at radius 1 is 1.15 bits per heavy atom.